The predicted octanol–water partition coefficient (Wildman–Crippen LogP) is 12.0. The van der Waals surface area contributed by atoms with E-state index in [1.54, 1.807) is 4.90 Å². The van der Waals surface area contributed by atoms with E-state index in [0.29, 0.717) is 32.4 Å². The molecule has 54 heavy (non-hydrogen) atoms. The van der Waals surface area contributed by atoms with Crippen molar-refractivity contribution in [3.8, 4) is 0 Å². The van der Waals surface area contributed by atoms with E-state index in [4.69, 9.17) is 9.47 Å². The van der Waals surface area contributed by atoms with E-state index < -0.39 is 0 Å². The first-order valence-electron chi connectivity index (χ1n) is 22.2. The molecule has 0 aliphatic heterocycles. The van der Waals surface area contributed by atoms with E-state index in [1.165, 1.54) is 77.0 Å². The molecule has 0 bridgehead atoms. The van der Waals surface area contributed by atoms with Crippen LogP contribution in [0.1, 0.15) is 181 Å². The highest BCUT2D eigenvalue weighted by Crippen LogP contribution is 2.11. The molecule has 0 fully saturated rings. The van der Waals surface area contributed by atoms with Crippen LogP contribution >= 0.6 is 0 Å². The van der Waals surface area contributed by atoms with E-state index in [0.717, 1.165) is 81.7 Å². The molecule has 0 aromatic rings. The molecule has 0 aliphatic carbocycles. The summed E-state index contributed by atoms with van der Waals surface area (Å²) in [5.74, 6) is -0.401. The number of quaternary nitrogens is 1. The first-order valence-corrected chi connectivity index (χ1v) is 22.2. The third-order valence-corrected chi connectivity index (χ3v) is 9.48. The van der Waals surface area contributed by atoms with Crippen molar-refractivity contribution in [1.82, 2.24) is 4.90 Å². The van der Waals surface area contributed by atoms with E-state index in [2.05, 4.69) is 83.6 Å². The number of carbonyl (C=O) groups is 3. The van der Waals surface area contributed by atoms with Gasteiger partial charge in [0.2, 0.25) is 5.91 Å². The van der Waals surface area contributed by atoms with Gasteiger partial charge < -0.3 is 18.9 Å². The fourth-order valence-corrected chi connectivity index (χ4v) is 6.07. The average Bonchev–Trinajstić information content (AvgIpc) is 3.13. The summed E-state index contributed by atoms with van der Waals surface area (Å²) < 4.78 is 11.8. The fourth-order valence-electron chi connectivity index (χ4n) is 6.07. The van der Waals surface area contributed by atoms with Crippen LogP contribution in [0.3, 0.4) is 0 Å². The summed E-state index contributed by atoms with van der Waals surface area (Å²) in [6.45, 7) is 6.34. The minimum absolute atomic E-state index is 0.0120. The molecule has 0 rings (SSSR count). The summed E-state index contributed by atoms with van der Waals surface area (Å²) in [7, 11) is 6.34. The number of carbonyl (C=O) groups excluding carboxylic acids is 3. The Morgan fingerprint density at radius 1 is 0.463 bits per heavy atom. The van der Waals surface area contributed by atoms with Crippen LogP contribution in [0.2, 0.25) is 0 Å². The molecule has 0 aliphatic rings. The van der Waals surface area contributed by atoms with Crippen molar-refractivity contribution < 1.29 is 28.3 Å². The van der Waals surface area contributed by atoms with Crippen LogP contribution in [0.25, 0.3) is 0 Å². The lowest BCUT2D eigenvalue weighted by atomic mass is 10.1. The van der Waals surface area contributed by atoms with Gasteiger partial charge in [-0.2, -0.15) is 0 Å². The number of nitrogens with zero attached hydrogens (tertiary/aromatic N) is 2. The molecule has 0 saturated heterocycles. The molecule has 0 radical (unpaired) electrons. The molecular weight excluding hydrogens is 673 g/mol. The van der Waals surface area contributed by atoms with Crippen LogP contribution in [0.15, 0.2) is 48.6 Å². The van der Waals surface area contributed by atoms with Gasteiger partial charge in [-0.05, 0) is 77.0 Å². The van der Waals surface area contributed by atoms with Crippen LogP contribution < -0.4 is 0 Å². The van der Waals surface area contributed by atoms with Crippen molar-refractivity contribution in [2.24, 2.45) is 0 Å². The third kappa shape index (κ3) is 39.0. The topological polar surface area (TPSA) is 72.9 Å². The van der Waals surface area contributed by atoms with Gasteiger partial charge in [-0.25, -0.2) is 0 Å². The number of allylic oxidation sites excluding steroid dienone is 8. The first kappa shape index (κ1) is 51.3. The molecule has 7 nitrogen and oxygen atoms in total. The molecule has 7 heteroatoms. The number of hydrogen-bond acceptors (Lipinski definition) is 5. The van der Waals surface area contributed by atoms with E-state index in [-0.39, 0.29) is 31.1 Å². The molecule has 0 saturated carbocycles. The molecule has 0 unspecified atom stereocenters. The average molecular weight is 758 g/mol. The number of esters is 2. The summed E-state index contributed by atoms with van der Waals surface area (Å²) in [5, 5.41) is 0. The van der Waals surface area contributed by atoms with Crippen LogP contribution in [-0.4, -0.2) is 81.2 Å². The van der Waals surface area contributed by atoms with Gasteiger partial charge in [0.05, 0.1) is 40.8 Å². The van der Waals surface area contributed by atoms with E-state index in [9.17, 15) is 14.4 Å². The van der Waals surface area contributed by atoms with Crippen molar-refractivity contribution >= 4 is 17.8 Å². The van der Waals surface area contributed by atoms with Crippen LogP contribution in [-0.2, 0) is 23.9 Å². The maximum Gasteiger partial charge on any atom is 0.305 e. The first-order chi connectivity index (χ1) is 26.2. The Balaban J connectivity index is 4.18. The quantitative estimate of drug-likeness (QED) is 0.0271. The van der Waals surface area contributed by atoms with Gasteiger partial charge in [0.25, 0.3) is 0 Å². The minimum Gasteiger partial charge on any atom is -0.464 e. The highest BCUT2D eigenvalue weighted by atomic mass is 16.5. The number of hydrogen-bond donors (Lipinski definition) is 0. The summed E-state index contributed by atoms with van der Waals surface area (Å²) >= 11 is 0. The standard InChI is InChI=1S/C47H85N2O5/c1-6-8-10-12-14-16-18-20-22-24-26-28-30-32-34-38-46(51)53-43-40-48(45(50)37-36-42-49(3,4)5)41-44-54-47(52)39-35-33-31-29-27-25-23-21-19-17-15-13-11-9-7-2/h14-17,20-23H,6-13,18-19,24-44H2,1-5H3/q+1/b16-14-,17-15-,22-20-,23-21-. The molecule has 0 spiro atoms. The fraction of sp³-hybridized carbons (Fsp3) is 0.766. The third-order valence-electron chi connectivity index (χ3n) is 9.48. The smallest absolute Gasteiger partial charge is 0.305 e. The van der Waals surface area contributed by atoms with E-state index >= 15 is 0 Å². The second-order valence-electron chi connectivity index (χ2n) is 15.9. The van der Waals surface area contributed by atoms with Crippen molar-refractivity contribution in [2.75, 3.05) is 54.0 Å². The van der Waals surface area contributed by atoms with Gasteiger partial charge in [-0.15, -0.1) is 0 Å². The maximum atomic E-state index is 13.1. The summed E-state index contributed by atoms with van der Waals surface area (Å²) in [6, 6.07) is 0. The number of rotatable bonds is 38. The lowest BCUT2D eigenvalue weighted by molar-refractivity contribution is -0.870. The van der Waals surface area contributed by atoms with Crippen molar-refractivity contribution in [3.05, 3.63) is 48.6 Å². The Kier molecular flexibility index (Phi) is 36.7. The molecule has 0 aromatic carbocycles. The Bertz CT molecular complexity index is 946. The largest absolute Gasteiger partial charge is 0.464 e. The Morgan fingerprint density at radius 2 is 0.833 bits per heavy atom. The second-order valence-corrected chi connectivity index (χ2v) is 15.9. The number of unbranched alkanes of at least 4 members (excludes halogenated alkanes) is 16. The molecule has 0 heterocycles. The Labute approximate surface area is 333 Å². The van der Waals surface area contributed by atoms with E-state index in [1.807, 2.05) is 0 Å². The molecule has 0 aromatic heterocycles. The predicted molar refractivity (Wildman–Crippen MR) is 229 cm³/mol. The van der Waals surface area contributed by atoms with Gasteiger partial charge in [-0.1, -0.05) is 127 Å². The zero-order chi connectivity index (χ0) is 39.8. The molecular formula is C47H85N2O5+. The lowest BCUT2D eigenvalue weighted by Gasteiger charge is -2.25. The summed E-state index contributed by atoms with van der Waals surface area (Å²) in [5.41, 5.74) is 0. The minimum atomic E-state index is -0.207. The van der Waals surface area contributed by atoms with Gasteiger partial charge >= 0.3 is 11.9 Å². The Hall–Kier alpha value is -2.67. The van der Waals surface area contributed by atoms with Crippen LogP contribution in [0.4, 0.5) is 0 Å². The maximum absolute atomic E-state index is 13.1. The lowest BCUT2D eigenvalue weighted by Crippen LogP contribution is -2.39. The highest BCUT2D eigenvalue weighted by Gasteiger charge is 2.17. The number of amides is 1. The summed E-state index contributed by atoms with van der Waals surface area (Å²) in [4.78, 5) is 39.5. The van der Waals surface area contributed by atoms with Crippen LogP contribution in [0, 0.1) is 0 Å². The SMILES string of the molecule is CCCCC/C=C\C/C=C\CCCCCCCC(=O)OCCN(CCOC(=O)CCCCCCC/C=C\C/C=C\CCCCC)C(=O)CCC[N+](C)(C)C. The number of ether oxygens (including phenoxy) is 2. The second kappa shape index (κ2) is 38.6. The van der Waals surface area contributed by atoms with Crippen molar-refractivity contribution in [3.63, 3.8) is 0 Å². The van der Waals surface area contributed by atoms with Gasteiger partial charge in [0.1, 0.15) is 13.2 Å². The van der Waals surface area contributed by atoms with Gasteiger partial charge in [0, 0.05) is 25.7 Å². The zero-order valence-corrected chi connectivity index (χ0v) is 36.0. The highest BCUT2D eigenvalue weighted by molar-refractivity contribution is 5.76. The molecule has 1 amide bonds. The summed E-state index contributed by atoms with van der Waals surface area (Å²) in [6.07, 6.45) is 45.4. The molecule has 0 N–H and O–H groups in total. The Morgan fingerprint density at radius 3 is 1.22 bits per heavy atom. The monoisotopic (exact) mass is 758 g/mol. The zero-order valence-electron chi connectivity index (χ0n) is 36.0. The van der Waals surface area contributed by atoms with Gasteiger partial charge in [0.15, 0.2) is 0 Å². The van der Waals surface area contributed by atoms with Crippen LogP contribution in [0.5, 0.6) is 0 Å². The molecule has 312 valence electrons. The van der Waals surface area contributed by atoms with Crippen molar-refractivity contribution in [2.45, 2.75) is 181 Å². The van der Waals surface area contributed by atoms with Gasteiger partial charge in [-0.3, -0.25) is 14.4 Å². The normalized spacial score (nSPS) is 12.2. The van der Waals surface area contributed by atoms with Crippen molar-refractivity contribution in [1.29, 1.82) is 0 Å². The molecule has 0 atom stereocenters.